The number of benzene rings is 1. The summed E-state index contributed by atoms with van der Waals surface area (Å²) in [6.07, 6.45) is 0. The highest BCUT2D eigenvalue weighted by molar-refractivity contribution is 8.13. The predicted molar refractivity (Wildman–Crippen MR) is 53.5 cm³/mol. The SMILES string of the molecule is O=[SH](=O)Cc1cccc(S(=O)(=O)Cl)c1. The summed E-state index contributed by atoms with van der Waals surface area (Å²) in [7, 11) is -1.26. The second-order valence-corrected chi connectivity index (χ2v) is 6.12. The zero-order chi connectivity index (χ0) is 10.8. The third-order valence-electron chi connectivity index (χ3n) is 1.49. The first-order chi connectivity index (χ1) is 6.39. The quantitative estimate of drug-likeness (QED) is 0.638. The zero-order valence-corrected chi connectivity index (χ0v) is 9.35. The Hall–Kier alpha value is -0.590. The van der Waals surface area contributed by atoms with Gasteiger partial charge in [-0.2, -0.15) is 0 Å². The van der Waals surface area contributed by atoms with Gasteiger partial charge in [0.25, 0.3) is 9.05 Å². The van der Waals surface area contributed by atoms with E-state index in [1.165, 1.54) is 24.3 Å². The molecule has 1 rings (SSSR count). The molecule has 0 aliphatic carbocycles. The molecule has 4 nitrogen and oxygen atoms in total. The molecule has 0 bridgehead atoms. The van der Waals surface area contributed by atoms with Crippen LogP contribution in [0.1, 0.15) is 5.56 Å². The molecule has 1 aromatic carbocycles. The van der Waals surface area contributed by atoms with Crippen LogP contribution in [0.5, 0.6) is 0 Å². The van der Waals surface area contributed by atoms with Crippen molar-refractivity contribution in [2.24, 2.45) is 0 Å². The molecule has 78 valence electrons. The van der Waals surface area contributed by atoms with Crippen molar-refractivity contribution >= 4 is 30.4 Å². The molecular formula is C7H7ClO4S2. The zero-order valence-electron chi connectivity index (χ0n) is 6.88. The van der Waals surface area contributed by atoms with Crippen LogP contribution in [0.4, 0.5) is 0 Å². The Kier molecular flexibility index (Phi) is 3.52. The van der Waals surface area contributed by atoms with E-state index in [1.807, 2.05) is 0 Å². The van der Waals surface area contributed by atoms with Gasteiger partial charge in [-0.1, -0.05) is 12.1 Å². The Morgan fingerprint density at radius 2 is 1.93 bits per heavy atom. The van der Waals surface area contributed by atoms with Crippen molar-refractivity contribution in [3.8, 4) is 0 Å². The third-order valence-corrected chi connectivity index (χ3v) is 3.47. The molecule has 0 atom stereocenters. The largest absolute Gasteiger partial charge is 0.261 e. The van der Waals surface area contributed by atoms with Crippen LogP contribution in [-0.2, 0) is 25.5 Å². The maximum Gasteiger partial charge on any atom is 0.261 e. The van der Waals surface area contributed by atoms with Gasteiger partial charge in [-0.25, -0.2) is 16.8 Å². The van der Waals surface area contributed by atoms with E-state index in [-0.39, 0.29) is 10.6 Å². The third kappa shape index (κ3) is 3.28. The maximum atomic E-state index is 10.9. The van der Waals surface area contributed by atoms with Crippen molar-refractivity contribution < 1.29 is 16.8 Å². The molecule has 0 aromatic heterocycles. The fourth-order valence-corrected chi connectivity index (χ4v) is 2.26. The summed E-state index contributed by atoms with van der Waals surface area (Å²) < 4.78 is 42.5. The maximum absolute atomic E-state index is 10.9. The van der Waals surface area contributed by atoms with Crippen LogP contribution in [0.25, 0.3) is 0 Å². The Bertz CT molecular complexity index is 496. The van der Waals surface area contributed by atoms with E-state index >= 15 is 0 Å². The average Bonchev–Trinajstić information content (AvgIpc) is 2.01. The van der Waals surface area contributed by atoms with Gasteiger partial charge in [0.15, 0.2) is 0 Å². The molecule has 0 heterocycles. The average molecular weight is 255 g/mol. The first-order valence-electron chi connectivity index (χ1n) is 3.55. The van der Waals surface area contributed by atoms with Gasteiger partial charge in [-0.15, -0.1) is 0 Å². The number of hydrogen-bond donors (Lipinski definition) is 1. The molecule has 0 fully saturated rings. The Labute approximate surface area is 87.9 Å². The second-order valence-electron chi connectivity index (χ2n) is 2.58. The standard InChI is InChI=1S/C7H7ClO4S2/c8-14(11,12)7-3-1-2-6(4-7)5-13(9)10/h1-4,13H,5H2. The molecule has 0 radical (unpaired) electrons. The number of thiol groups is 1. The van der Waals surface area contributed by atoms with E-state index in [4.69, 9.17) is 10.7 Å². The Morgan fingerprint density at radius 1 is 1.29 bits per heavy atom. The summed E-state index contributed by atoms with van der Waals surface area (Å²) in [6, 6.07) is 5.53. The Balaban J connectivity index is 3.14. The van der Waals surface area contributed by atoms with E-state index in [1.54, 1.807) is 0 Å². The molecule has 0 spiro atoms. The lowest BCUT2D eigenvalue weighted by Gasteiger charge is -1.98. The van der Waals surface area contributed by atoms with Crippen molar-refractivity contribution in [1.29, 1.82) is 0 Å². The molecule has 1 aromatic rings. The minimum absolute atomic E-state index is 0.0893. The predicted octanol–water partition coefficient (Wildman–Crippen LogP) is 0.726. The number of rotatable bonds is 3. The molecule has 7 heteroatoms. The van der Waals surface area contributed by atoms with Crippen LogP contribution < -0.4 is 0 Å². The molecule has 0 saturated heterocycles. The topological polar surface area (TPSA) is 68.3 Å². The normalized spacial score (nSPS) is 11.9. The van der Waals surface area contributed by atoms with Gasteiger partial charge in [-0.3, -0.25) is 0 Å². The van der Waals surface area contributed by atoms with Crippen LogP contribution in [0, 0.1) is 0 Å². The first-order valence-corrected chi connectivity index (χ1v) is 7.22. The molecule has 0 saturated carbocycles. The van der Waals surface area contributed by atoms with Gasteiger partial charge < -0.3 is 0 Å². The highest BCUT2D eigenvalue weighted by Crippen LogP contribution is 2.16. The minimum atomic E-state index is -3.79. The minimum Gasteiger partial charge on any atom is -0.232 e. The lowest BCUT2D eigenvalue weighted by atomic mass is 10.2. The van der Waals surface area contributed by atoms with Gasteiger partial charge in [0, 0.05) is 10.7 Å². The highest BCUT2D eigenvalue weighted by atomic mass is 35.7. The van der Waals surface area contributed by atoms with Gasteiger partial charge in [0.1, 0.15) is 10.7 Å². The van der Waals surface area contributed by atoms with Gasteiger partial charge in [0.05, 0.1) is 10.6 Å². The smallest absolute Gasteiger partial charge is 0.232 e. The summed E-state index contributed by atoms with van der Waals surface area (Å²) in [5, 5.41) is 0. The molecule has 14 heavy (non-hydrogen) atoms. The van der Waals surface area contributed by atoms with Crippen LogP contribution in [0.3, 0.4) is 0 Å². The second kappa shape index (κ2) is 4.29. The van der Waals surface area contributed by atoms with Crippen molar-refractivity contribution in [1.82, 2.24) is 0 Å². The van der Waals surface area contributed by atoms with Crippen LogP contribution in [-0.4, -0.2) is 16.8 Å². The molecule has 0 N–H and O–H groups in total. The molecule has 0 aliphatic rings. The van der Waals surface area contributed by atoms with Crippen molar-refractivity contribution in [2.75, 3.05) is 0 Å². The number of hydrogen-bond acceptors (Lipinski definition) is 4. The van der Waals surface area contributed by atoms with Crippen LogP contribution >= 0.6 is 10.7 Å². The van der Waals surface area contributed by atoms with E-state index in [2.05, 4.69) is 0 Å². The lowest BCUT2D eigenvalue weighted by Crippen LogP contribution is -1.93. The van der Waals surface area contributed by atoms with Crippen molar-refractivity contribution in [3.05, 3.63) is 29.8 Å². The fourth-order valence-electron chi connectivity index (χ4n) is 0.945. The first kappa shape index (κ1) is 11.5. The van der Waals surface area contributed by atoms with E-state index in [0.29, 0.717) is 5.56 Å². The van der Waals surface area contributed by atoms with Crippen LogP contribution in [0.2, 0.25) is 0 Å². The summed E-state index contributed by atoms with van der Waals surface area (Å²) in [5.41, 5.74) is 0.405. The highest BCUT2D eigenvalue weighted by Gasteiger charge is 2.09. The summed E-state index contributed by atoms with van der Waals surface area (Å²) >= 11 is 0. The van der Waals surface area contributed by atoms with Gasteiger partial charge >= 0.3 is 0 Å². The molecule has 0 amide bonds. The van der Waals surface area contributed by atoms with E-state index in [0.717, 1.165) is 0 Å². The van der Waals surface area contributed by atoms with Crippen molar-refractivity contribution in [2.45, 2.75) is 10.6 Å². The van der Waals surface area contributed by atoms with Crippen molar-refractivity contribution in [3.63, 3.8) is 0 Å². The summed E-state index contributed by atoms with van der Waals surface area (Å²) in [6.45, 7) is 0. The van der Waals surface area contributed by atoms with Gasteiger partial charge in [0.2, 0.25) is 0 Å². The Morgan fingerprint density at radius 3 is 2.43 bits per heavy atom. The van der Waals surface area contributed by atoms with Gasteiger partial charge in [-0.05, 0) is 17.7 Å². The van der Waals surface area contributed by atoms with E-state index < -0.39 is 19.8 Å². The lowest BCUT2D eigenvalue weighted by molar-refractivity contribution is 0.608. The molecule has 0 aliphatic heterocycles. The summed E-state index contributed by atoms with van der Waals surface area (Å²) in [4.78, 5) is -0.0893. The molecular weight excluding hydrogens is 248 g/mol. The fraction of sp³-hybridized carbons (Fsp3) is 0.143. The van der Waals surface area contributed by atoms with Crippen LogP contribution in [0.15, 0.2) is 29.2 Å². The summed E-state index contributed by atoms with van der Waals surface area (Å²) in [5.74, 6) is -0.185. The monoisotopic (exact) mass is 254 g/mol. The molecule has 0 unspecified atom stereocenters. The number of halogens is 1. The van der Waals surface area contributed by atoms with E-state index in [9.17, 15) is 16.8 Å².